The Morgan fingerprint density at radius 1 is 1.21 bits per heavy atom. The molecule has 0 fully saturated rings. The molecule has 3 aromatic rings. The molecule has 8 nitrogen and oxygen atoms in total. The maximum absolute atomic E-state index is 12.1. The first-order valence-electron chi connectivity index (χ1n) is 13.6. The molecule has 0 aliphatic heterocycles. The molecule has 39 heavy (non-hydrogen) atoms. The molecular weight excluding hydrogens is 490 g/mol. The highest BCUT2D eigenvalue weighted by Gasteiger charge is 2.22. The van der Waals surface area contributed by atoms with E-state index in [1.807, 2.05) is 32.0 Å². The molecular formula is C31H37N5O3. The van der Waals surface area contributed by atoms with Crippen LogP contribution < -0.4 is 5.32 Å². The summed E-state index contributed by atoms with van der Waals surface area (Å²) in [5.74, 6) is 0.851. The van der Waals surface area contributed by atoms with Crippen LogP contribution >= 0.6 is 0 Å². The fraction of sp³-hybridized carbons (Fsp3) is 0.387. The van der Waals surface area contributed by atoms with Gasteiger partial charge in [-0.25, -0.2) is 9.67 Å². The van der Waals surface area contributed by atoms with Crippen LogP contribution in [0.3, 0.4) is 0 Å². The number of aromatic nitrogens is 3. The Kier molecular flexibility index (Phi) is 9.19. The summed E-state index contributed by atoms with van der Waals surface area (Å²) in [5, 5.41) is 10.4. The number of nitrogens with one attached hydrogen (secondary N) is 1. The first kappa shape index (κ1) is 28.1. The number of nitroso groups, excluding NO2 is 1. The van der Waals surface area contributed by atoms with Gasteiger partial charge in [-0.15, -0.1) is 4.91 Å². The summed E-state index contributed by atoms with van der Waals surface area (Å²) in [7, 11) is 0. The zero-order valence-electron chi connectivity index (χ0n) is 23.5. The number of ether oxygens (including phenoxy) is 1. The number of nitrogens with zero attached hydrogens (tertiary/aromatic N) is 4. The molecule has 1 N–H and O–H groups in total. The van der Waals surface area contributed by atoms with Crippen molar-refractivity contribution in [3.8, 4) is 5.82 Å². The van der Waals surface area contributed by atoms with Crippen molar-refractivity contribution < 1.29 is 9.53 Å². The largest absolute Gasteiger partial charge is 0.488 e. The fourth-order valence-corrected chi connectivity index (χ4v) is 4.83. The second kappa shape index (κ2) is 12.8. The molecule has 0 spiro atoms. The van der Waals surface area contributed by atoms with Crippen LogP contribution in [0.15, 0.2) is 65.2 Å². The number of carbonyl (C=O) groups is 1. The predicted molar refractivity (Wildman–Crippen MR) is 153 cm³/mol. The third-order valence-corrected chi connectivity index (χ3v) is 6.87. The maximum atomic E-state index is 12.1. The van der Waals surface area contributed by atoms with Crippen LogP contribution in [-0.2, 0) is 24.3 Å². The summed E-state index contributed by atoms with van der Waals surface area (Å²) in [5.41, 5.74) is 7.41. The van der Waals surface area contributed by atoms with Crippen molar-refractivity contribution in [3.05, 3.63) is 98.6 Å². The lowest BCUT2D eigenvalue weighted by Crippen LogP contribution is -2.13. The lowest BCUT2D eigenvalue weighted by atomic mass is 9.96. The van der Waals surface area contributed by atoms with Gasteiger partial charge in [0.15, 0.2) is 5.82 Å². The molecule has 1 amide bonds. The molecule has 1 aliphatic carbocycles. The predicted octanol–water partition coefficient (Wildman–Crippen LogP) is 6.46. The number of aryl methyl sites for hydroxylation is 1. The van der Waals surface area contributed by atoms with Crippen molar-refractivity contribution in [1.29, 1.82) is 0 Å². The Hall–Kier alpha value is -3.91. The van der Waals surface area contributed by atoms with Gasteiger partial charge in [-0.05, 0) is 80.0 Å². The summed E-state index contributed by atoms with van der Waals surface area (Å²) < 4.78 is 8.08. The summed E-state index contributed by atoms with van der Waals surface area (Å²) in [6.07, 6.45) is 5.97. The van der Waals surface area contributed by atoms with Crippen LogP contribution in [0, 0.1) is 17.7 Å². The van der Waals surface area contributed by atoms with Gasteiger partial charge in [-0.1, -0.05) is 51.1 Å². The molecule has 1 aromatic carbocycles. The standard InChI is InChI=1S/C31H37N5O3/c1-6-32-17-24-14-13-23(16-22(24)5)19-39-30-21(4)9-7-10-25(30)27-11-8-12-29(34-27)36-28(15-20(2)3)26(18-33-36)31(37)35-38/h8,10-14,16,18,20,32H,6-7,9,15,17,19H2,1-5H3. The van der Waals surface area contributed by atoms with Gasteiger partial charge in [0, 0.05) is 17.3 Å². The third kappa shape index (κ3) is 6.57. The summed E-state index contributed by atoms with van der Waals surface area (Å²) in [6.45, 7) is 12.7. The number of hydrogen-bond acceptors (Lipinski definition) is 6. The molecule has 2 heterocycles. The number of carbonyl (C=O) groups excluding carboxylic acids is 1. The van der Waals surface area contributed by atoms with Crippen LogP contribution in [0.4, 0.5) is 0 Å². The monoisotopic (exact) mass is 527 g/mol. The van der Waals surface area contributed by atoms with Crippen molar-refractivity contribution in [2.24, 2.45) is 11.1 Å². The lowest BCUT2D eigenvalue weighted by Gasteiger charge is -2.21. The van der Waals surface area contributed by atoms with Crippen molar-refractivity contribution in [3.63, 3.8) is 0 Å². The average Bonchev–Trinajstić information content (AvgIpc) is 3.34. The molecule has 0 bridgehead atoms. The summed E-state index contributed by atoms with van der Waals surface area (Å²) >= 11 is 0. The van der Waals surface area contributed by atoms with Crippen molar-refractivity contribution in [2.45, 2.75) is 67.0 Å². The summed E-state index contributed by atoms with van der Waals surface area (Å²) in [4.78, 5) is 28.0. The highest BCUT2D eigenvalue weighted by atomic mass is 16.5. The minimum Gasteiger partial charge on any atom is -0.488 e. The number of amides is 1. The van der Waals surface area contributed by atoms with E-state index < -0.39 is 5.91 Å². The van der Waals surface area contributed by atoms with Gasteiger partial charge in [0.1, 0.15) is 12.4 Å². The first-order chi connectivity index (χ1) is 18.8. The second-order valence-electron chi connectivity index (χ2n) is 10.4. The Morgan fingerprint density at radius 3 is 2.74 bits per heavy atom. The molecule has 8 heteroatoms. The topological polar surface area (TPSA) is 98.5 Å². The molecule has 4 rings (SSSR count). The molecule has 0 unspecified atom stereocenters. The van der Waals surface area contributed by atoms with Gasteiger partial charge in [-0.2, -0.15) is 5.10 Å². The zero-order chi connectivity index (χ0) is 27.9. The SMILES string of the molecule is CCNCc1ccc(COC2=C(C)CCC=C2c2cccc(-n3ncc(C(=O)N=O)c3CC(C)C)n2)cc1C. The minimum absolute atomic E-state index is 0.217. The maximum Gasteiger partial charge on any atom is 0.320 e. The van der Waals surface area contributed by atoms with E-state index in [-0.39, 0.29) is 11.5 Å². The van der Waals surface area contributed by atoms with Gasteiger partial charge in [-0.3, -0.25) is 4.79 Å². The van der Waals surface area contributed by atoms with Gasteiger partial charge < -0.3 is 10.1 Å². The Bertz CT molecular complexity index is 1420. The molecule has 0 saturated carbocycles. The van der Waals surface area contributed by atoms with Crippen LogP contribution in [0.5, 0.6) is 0 Å². The molecule has 1 aliphatic rings. The Balaban J connectivity index is 1.61. The highest BCUT2D eigenvalue weighted by Crippen LogP contribution is 2.33. The smallest absolute Gasteiger partial charge is 0.320 e. The molecule has 2 aromatic heterocycles. The van der Waals surface area contributed by atoms with Gasteiger partial charge in [0.05, 0.1) is 23.1 Å². The molecule has 204 valence electrons. The van der Waals surface area contributed by atoms with E-state index in [1.165, 1.54) is 22.9 Å². The van der Waals surface area contributed by atoms with Gasteiger partial charge in [0.2, 0.25) is 0 Å². The lowest BCUT2D eigenvalue weighted by molar-refractivity contribution is 0.0999. The van der Waals surface area contributed by atoms with Crippen LogP contribution in [0.1, 0.15) is 79.0 Å². The van der Waals surface area contributed by atoms with E-state index >= 15 is 0 Å². The van der Waals surface area contributed by atoms with Crippen LogP contribution in [-0.4, -0.2) is 27.2 Å². The van der Waals surface area contributed by atoms with Crippen LogP contribution in [0.25, 0.3) is 11.4 Å². The van der Waals surface area contributed by atoms with E-state index in [0.29, 0.717) is 24.5 Å². The highest BCUT2D eigenvalue weighted by molar-refractivity contribution is 5.95. The number of rotatable bonds is 11. The third-order valence-electron chi connectivity index (χ3n) is 6.87. The average molecular weight is 528 g/mol. The number of hydrogen-bond donors (Lipinski definition) is 1. The molecule has 0 saturated heterocycles. The number of allylic oxidation sites excluding steroid dienone is 3. The quantitative estimate of drug-likeness (QED) is 0.287. The number of benzene rings is 1. The fourth-order valence-electron chi connectivity index (χ4n) is 4.83. The van der Waals surface area contributed by atoms with E-state index in [0.717, 1.165) is 48.5 Å². The van der Waals surface area contributed by atoms with Gasteiger partial charge in [0.25, 0.3) is 0 Å². The van der Waals surface area contributed by atoms with E-state index in [1.54, 1.807) is 4.68 Å². The van der Waals surface area contributed by atoms with Gasteiger partial charge >= 0.3 is 5.91 Å². The molecule has 0 atom stereocenters. The first-order valence-corrected chi connectivity index (χ1v) is 13.6. The number of pyridine rings is 1. The van der Waals surface area contributed by atoms with Crippen molar-refractivity contribution in [1.82, 2.24) is 20.1 Å². The van der Waals surface area contributed by atoms with Crippen molar-refractivity contribution >= 4 is 11.5 Å². The van der Waals surface area contributed by atoms with E-state index in [4.69, 9.17) is 9.72 Å². The minimum atomic E-state index is -0.817. The Morgan fingerprint density at radius 2 is 2.03 bits per heavy atom. The molecule has 0 radical (unpaired) electrons. The summed E-state index contributed by atoms with van der Waals surface area (Å²) in [6, 6.07) is 12.2. The normalized spacial score (nSPS) is 13.5. The Labute approximate surface area is 230 Å². The second-order valence-corrected chi connectivity index (χ2v) is 10.4. The van der Waals surface area contributed by atoms with Crippen LogP contribution in [0.2, 0.25) is 0 Å². The van der Waals surface area contributed by atoms with E-state index in [9.17, 15) is 9.70 Å². The van der Waals surface area contributed by atoms with Crippen molar-refractivity contribution in [2.75, 3.05) is 6.54 Å². The zero-order valence-corrected chi connectivity index (χ0v) is 23.5. The van der Waals surface area contributed by atoms with E-state index in [2.05, 4.69) is 60.6 Å².